The molecule has 0 saturated carbocycles. The molecule has 10 heteroatoms. The number of guanidine groups is 1. The maximum absolute atomic E-state index is 12.3. The summed E-state index contributed by atoms with van der Waals surface area (Å²) in [6, 6.07) is 13.0. The van der Waals surface area contributed by atoms with Crippen LogP contribution < -0.4 is 14.8 Å². The van der Waals surface area contributed by atoms with Gasteiger partial charge in [0, 0.05) is 20.1 Å². The molecule has 0 radical (unpaired) electrons. The molecule has 0 unspecified atom stereocenters. The van der Waals surface area contributed by atoms with Crippen molar-refractivity contribution in [3.05, 3.63) is 59.7 Å². The van der Waals surface area contributed by atoms with Crippen LogP contribution >= 0.6 is 0 Å². The summed E-state index contributed by atoms with van der Waals surface area (Å²) in [5.74, 6) is 0.776. The first-order chi connectivity index (χ1) is 14.2. The van der Waals surface area contributed by atoms with Gasteiger partial charge >= 0.3 is 6.61 Å². The third-order valence-corrected chi connectivity index (χ3v) is 5.61. The predicted molar refractivity (Wildman–Crippen MR) is 112 cm³/mol. The van der Waals surface area contributed by atoms with Gasteiger partial charge < -0.3 is 15.0 Å². The van der Waals surface area contributed by atoms with E-state index in [9.17, 15) is 17.2 Å². The van der Waals surface area contributed by atoms with Crippen molar-refractivity contribution in [2.45, 2.75) is 31.5 Å². The molecule has 0 aliphatic rings. The van der Waals surface area contributed by atoms with Crippen LogP contribution in [0.3, 0.4) is 0 Å². The summed E-state index contributed by atoms with van der Waals surface area (Å²) in [4.78, 5) is 6.70. The van der Waals surface area contributed by atoms with Crippen LogP contribution in [0, 0.1) is 0 Å². The van der Waals surface area contributed by atoms with Gasteiger partial charge in [0.1, 0.15) is 5.75 Å². The van der Waals surface area contributed by atoms with E-state index >= 15 is 0 Å². The van der Waals surface area contributed by atoms with Gasteiger partial charge in [0.25, 0.3) is 0 Å². The minimum atomic E-state index is -3.47. The van der Waals surface area contributed by atoms with Crippen LogP contribution in [0.2, 0.25) is 0 Å². The number of sulfonamides is 1. The molecule has 7 nitrogen and oxygen atoms in total. The highest BCUT2D eigenvalue weighted by Gasteiger charge is 2.11. The molecule has 30 heavy (non-hydrogen) atoms. The monoisotopic (exact) mass is 440 g/mol. The number of alkyl halides is 2. The van der Waals surface area contributed by atoms with Crippen molar-refractivity contribution >= 4 is 16.0 Å². The number of nitrogens with one attached hydrogen (secondary N) is 2. The molecule has 0 aliphatic heterocycles. The Morgan fingerprint density at radius 1 is 1.10 bits per heavy atom. The Balaban J connectivity index is 2.05. The molecule has 2 aromatic rings. The van der Waals surface area contributed by atoms with E-state index in [1.807, 2.05) is 18.9 Å². The summed E-state index contributed by atoms with van der Waals surface area (Å²) < 4.78 is 54.8. The SMILES string of the molecule is CCNC(=NCc1ccc(S(=O)(=O)NC)cc1)N(C)Cc1ccc(OC(F)F)cc1. The third-order valence-electron chi connectivity index (χ3n) is 4.18. The van der Waals surface area contributed by atoms with E-state index in [1.165, 1.54) is 31.3 Å². The maximum Gasteiger partial charge on any atom is 0.387 e. The Bertz CT molecular complexity index is 934. The fraction of sp³-hybridized carbons (Fsp3) is 0.350. The van der Waals surface area contributed by atoms with Crippen molar-refractivity contribution in [3.63, 3.8) is 0 Å². The highest BCUT2D eigenvalue weighted by atomic mass is 32.2. The largest absolute Gasteiger partial charge is 0.435 e. The number of halogens is 2. The van der Waals surface area contributed by atoms with Crippen molar-refractivity contribution in [1.82, 2.24) is 14.9 Å². The van der Waals surface area contributed by atoms with E-state index in [0.29, 0.717) is 25.6 Å². The lowest BCUT2D eigenvalue weighted by Gasteiger charge is -2.22. The minimum Gasteiger partial charge on any atom is -0.435 e. The van der Waals surface area contributed by atoms with Gasteiger partial charge in [0.2, 0.25) is 10.0 Å². The molecule has 0 spiro atoms. The molecule has 0 atom stereocenters. The molecule has 2 N–H and O–H groups in total. The first kappa shape index (κ1) is 23.6. The van der Waals surface area contributed by atoms with E-state index in [1.54, 1.807) is 24.3 Å². The number of ether oxygens (including phenoxy) is 1. The highest BCUT2D eigenvalue weighted by molar-refractivity contribution is 7.89. The maximum atomic E-state index is 12.3. The molecule has 0 amide bonds. The first-order valence-corrected chi connectivity index (χ1v) is 10.8. The third kappa shape index (κ3) is 6.96. The molecule has 164 valence electrons. The van der Waals surface area contributed by atoms with Gasteiger partial charge in [-0.05, 0) is 49.4 Å². The molecule has 0 saturated heterocycles. The van der Waals surface area contributed by atoms with Gasteiger partial charge in [-0.3, -0.25) is 0 Å². The Kier molecular flexibility index (Phi) is 8.55. The second-order valence-corrected chi connectivity index (χ2v) is 8.29. The Labute approximate surface area is 175 Å². The summed E-state index contributed by atoms with van der Waals surface area (Å²) in [7, 11) is -0.234. The lowest BCUT2D eigenvalue weighted by atomic mass is 10.2. The van der Waals surface area contributed by atoms with Crippen LogP contribution in [-0.4, -0.2) is 46.5 Å². The molecular weight excluding hydrogens is 414 g/mol. The number of benzene rings is 2. The fourth-order valence-electron chi connectivity index (χ4n) is 2.65. The molecule has 2 aromatic carbocycles. The second-order valence-electron chi connectivity index (χ2n) is 6.40. The highest BCUT2D eigenvalue weighted by Crippen LogP contribution is 2.16. The molecule has 0 heterocycles. The minimum absolute atomic E-state index is 0.112. The predicted octanol–water partition coefficient (Wildman–Crippen LogP) is 2.79. The zero-order chi connectivity index (χ0) is 22.1. The van der Waals surface area contributed by atoms with Gasteiger partial charge in [0.15, 0.2) is 5.96 Å². The van der Waals surface area contributed by atoms with Crippen molar-refractivity contribution in [2.75, 3.05) is 20.6 Å². The molecule has 0 aliphatic carbocycles. The summed E-state index contributed by atoms with van der Waals surface area (Å²) in [5, 5.41) is 3.20. The quantitative estimate of drug-likeness (QED) is 0.463. The smallest absolute Gasteiger partial charge is 0.387 e. The normalized spacial score (nSPS) is 12.1. The molecule has 2 rings (SSSR count). The summed E-state index contributed by atoms with van der Waals surface area (Å²) in [6.07, 6.45) is 0. The van der Waals surface area contributed by atoms with Crippen molar-refractivity contribution in [2.24, 2.45) is 4.99 Å². The lowest BCUT2D eigenvalue weighted by molar-refractivity contribution is -0.0498. The zero-order valence-electron chi connectivity index (χ0n) is 17.1. The standard InChI is InChI=1S/C20H26F2N4O3S/c1-4-24-20(25-13-15-7-11-18(12-8-15)30(27,28)23-2)26(3)14-16-5-9-17(10-6-16)29-19(21)22/h5-12,19,23H,4,13-14H2,1-3H3,(H,24,25). The fourth-order valence-corrected chi connectivity index (χ4v) is 3.38. The summed E-state index contributed by atoms with van der Waals surface area (Å²) in [6.45, 7) is 0.660. The van der Waals surface area contributed by atoms with Crippen molar-refractivity contribution in [3.8, 4) is 5.75 Å². The second kappa shape index (κ2) is 10.9. The van der Waals surface area contributed by atoms with E-state index in [2.05, 4.69) is 19.8 Å². The van der Waals surface area contributed by atoms with Gasteiger partial charge in [-0.15, -0.1) is 0 Å². The molecule has 0 aromatic heterocycles. The number of nitrogens with zero attached hydrogens (tertiary/aromatic N) is 2. The number of rotatable bonds is 9. The number of hydrogen-bond acceptors (Lipinski definition) is 4. The molecule has 0 bridgehead atoms. The molecular formula is C20H26F2N4O3S. The van der Waals surface area contributed by atoms with E-state index in [-0.39, 0.29) is 10.6 Å². The van der Waals surface area contributed by atoms with Crippen molar-refractivity contribution < 1.29 is 21.9 Å². The summed E-state index contributed by atoms with van der Waals surface area (Å²) >= 11 is 0. The van der Waals surface area contributed by atoms with E-state index < -0.39 is 16.6 Å². The first-order valence-electron chi connectivity index (χ1n) is 9.31. The zero-order valence-corrected chi connectivity index (χ0v) is 17.9. The van der Waals surface area contributed by atoms with Gasteiger partial charge in [-0.25, -0.2) is 18.1 Å². The van der Waals surface area contributed by atoms with Crippen LogP contribution in [0.5, 0.6) is 5.75 Å². The topological polar surface area (TPSA) is 83.0 Å². The van der Waals surface area contributed by atoms with Crippen LogP contribution in [0.1, 0.15) is 18.1 Å². The summed E-state index contributed by atoms with van der Waals surface area (Å²) in [5.41, 5.74) is 1.77. The van der Waals surface area contributed by atoms with Gasteiger partial charge in [-0.1, -0.05) is 24.3 Å². The van der Waals surface area contributed by atoms with Crippen LogP contribution in [0.15, 0.2) is 58.4 Å². The van der Waals surface area contributed by atoms with Crippen LogP contribution in [0.25, 0.3) is 0 Å². The Morgan fingerprint density at radius 3 is 2.23 bits per heavy atom. The average molecular weight is 441 g/mol. The van der Waals surface area contributed by atoms with Gasteiger partial charge in [-0.2, -0.15) is 8.78 Å². The van der Waals surface area contributed by atoms with E-state index in [4.69, 9.17) is 0 Å². The van der Waals surface area contributed by atoms with E-state index in [0.717, 1.165) is 11.1 Å². The number of hydrogen-bond donors (Lipinski definition) is 2. The van der Waals surface area contributed by atoms with Gasteiger partial charge in [0.05, 0.1) is 11.4 Å². The average Bonchev–Trinajstić information content (AvgIpc) is 2.72. The molecule has 0 fully saturated rings. The van der Waals surface area contributed by atoms with Crippen molar-refractivity contribution in [1.29, 1.82) is 0 Å². The number of aliphatic imine (C=N–C) groups is 1. The Hall–Kier alpha value is -2.72. The Morgan fingerprint density at radius 2 is 1.70 bits per heavy atom. The lowest BCUT2D eigenvalue weighted by Crippen LogP contribution is -2.38. The van der Waals surface area contributed by atoms with Crippen LogP contribution in [0.4, 0.5) is 8.78 Å². The van der Waals surface area contributed by atoms with Crippen LogP contribution in [-0.2, 0) is 23.1 Å².